The Labute approximate surface area is 269 Å². The molecule has 0 aliphatic carbocycles. The molecule has 0 bridgehead atoms. The SMILES string of the molecule is COc1ccccc1S(=O)(=O)N(Cc1ccc(-c2ccc(Cl)c(C(=O)NO)c2)cc1)Cc1ccc(C(F)(F)P(C)(C)=O)c(Cl)c1. The van der Waals surface area contributed by atoms with Gasteiger partial charge in [0.05, 0.1) is 22.7 Å². The van der Waals surface area contributed by atoms with Crippen LogP contribution in [0.1, 0.15) is 27.0 Å². The molecule has 0 heterocycles. The molecular weight excluding hydrogens is 668 g/mol. The van der Waals surface area contributed by atoms with Gasteiger partial charge in [-0.15, -0.1) is 0 Å². The summed E-state index contributed by atoms with van der Waals surface area (Å²) in [6.07, 6.45) is 0. The fourth-order valence-corrected chi connectivity index (χ4v) is 7.48. The van der Waals surface area contributed by atoms with Crippen molar-refractivity contribution in [1.82, 2.24) is 9.79 Å². The first-order valence-corrected chi connectivity index (χ1v) is 18.1. The number of sulfonamides is 1. The molecule has 45 heavy (non-hydrogen) atoms. The molecule has 0 aromatic heterocycles. The number of halogens is 4. The second-order valence-electron chi connectivity index (χ2n) is 10.5. The van der Waals surface area contributed by atoms with Gasteiger partial charge in [0.15, 0.2) is 7.14 Å². The number of benzene rings is 4. The van der Waals surface area contributed by atoms with E-state index in [9.17, 15) is 26.6 Å². The number of alkyl halides is 2. The predicted octanol–water partition coefficient (Wildman–Crippen LogP) is 7.85. The normalized spacial score (nSPS) is 12.3. The number of ether oxygens (including phenoxy) is 1. The molecule has 4 aromatic carbocycles. The van der Waals surface area contributed by atoms with E-state index >= 15 is 0 Å². The quantitative estimate of drug-likeness (QED) is 0.0938. The number of carbonyl (C=O) groups excluding carboxylic acids is 1. The van der Waals surface area contributed by atoms with Crippen molar-refractivity contribution >= 4 is 46.3 Å². The fourth-order valence-electron chi connectivity index (χ4n) is 4.54. The highest BCUT2D eigenvalue weighted by molar-refractivity contribution is 7.89. The summed E-state index contributed by atoms with van der Waals surface area (Å²) in [5.74, 6) is -0.649. The summed E-state index contributed by atoms with van der Waals surface area (Å²) < 4.78 is 76.4. The van der Waals surface area contributed by atoms with Crippen LogP contribution in [0.3, 0.4) is 0 Å². The third kappa shape index (κ3) is 7.41. The van der Waals surface area contributed by atoms with Crippen molar-refractivity contribution in [3.05, 3.63) is 117 Å². The van der Waals surface area contributed by atoms with Crippen molar-refractivity contribution in [2.75, 3.05) is 20.4 Å². The van der Waals surface area contributed by atoms with E-state index in [1.54, 1.807) is 47.9 Å². The summed E-state index contributed by atoms with van der Waals surface area (Å²) in [6.45, 7) is 1.60. The van der Waals surface area contributed by atoms with Gasteiger partial charge >= 0.3 is 5.66 Å². The van der Waals surface area contributed by atoms with Crippen LogP contribution in [0.25, 0.3) is 11.1 Å². The van der Waals surface area contributed by atoms with Crippen molar-refractivity contribution < 1.29 is 36.5 Å². The van der Waals surface area contributed by atoms with E-state index in [1.807, 2.05) is 0 Å². The molecule has 0 saturated heterocycles. The lowest BCUT2D eigenvalue weighted by molar-refractivity contribution is 0.0706. The van der Waals surface area contributed by atoms with Crippen LogP contribution in [0.5, 0.6) is 5.75 Å². The van der Waals surface area contributed by atoms with Gasteiger partial charge in [0.25, 0.3) is 5.91 Å². The van der Waals surface area contributed by atoms with E-state index in [4.69, 9.17) is 33.1 Å². The molecular formula is C31H29Cl2F2N2O6PS. The average Bonchev–Trinajstić information content (AvgIpc) is 3.00. The maximum Gasteiger partial charge on any atom is 0.323 e. The largest absolute Gasteiger partial charge is 0.495 e. The van der Waals surface area contributed by atoms with Crippen molar-refractivity contribution in [2.24, 2.45) is 0 Å². The molecule has 14 heteroatoms. The Bertz CT molecular complexity index is 1890. The Kier molecular flexibility index (Phi) is 10.4. The molecule has 4 rings (SSSR count). The van der Waals surface area contributed by atoms with Gasteiger partial charge in [-0.2, -0.15) is 13.1 Å². The monoisotopic (exact) mass is 696 g/mol. The molecule has 1 amide bonds. The molecule has 8 nitrogen and oxygen atoms in total. The third-order valence-electron chi connectivity index (χ3n) is 7.04. The zero-order valence-corrected chi connectivity index (χ0v) is 27.5. The lowest BCUT2D eigenvalue weighted by Gasteiger charge is -2.25. The molecule has 0 radical (unpaired) electrons. The van der Waals surface area contributed by atoms with E-state index in [-0.39, 0.29) is 39.3 Å². The van der Waals surface area contributed by atoms with Crippen LogP contribution in [0.4, 0.5) is 8.78 Å². The third-order valence-corrected chi connectivity index (χ3v) is 11.1. The number of methoxy groups -OCH3 is 1. The van der Waals surface area contributed by atoms with Crippen molar-refractivity contribution in [2.45, 2.75) is 23.6 Å². The molecule has 4 aromatic rings. The summed E-state index contributed by atoms with van der Waals surface area (Å²) in [5.41, 5.74) is -0.415. The van der Waals surface area contributed by atoms with Gasteiger partial charge in [0, 0.05) is 18.7 Å². The van der Waals surface area contributed by atoms with Crippen LogP contribution in [0.2, 0.25) is 10.0 Å². The van der Waals surface area contributed by atoms with Gasteiger partial charge in [-0.05, 0) is 65.9 Å². The number of nitrogens with one attached hydrogen (secondary N) is 1. The minimum absolute atomic E-state index is 0.0675. The summed E-state index contributed by atoms with van der Waals surface area (Å²) >= 11 is 12.3. The second-order valence-corrected chi connectivity index (χ2v) is 16.4. The van der Waals surface area contributed by atoms with Crippen LogP contribution < -0.4 is 10.2 Å². The van der Waals surface area contributed by atoms with Gasteiger partial charge in [0.1, 0.15) is 10.6 Å². The predicted molar refractivity (Wildman–Crippen MR) is 170 cm³/mol. The highest BCUT2D eigenvalue weighted by Gasteiger charge is 2.46. The van der Waals surface area contributed by atoms with Gasteiger partial charge in [-0.25, -0.2) is 13.9 Å². The van der Waals surface area contributed by atoms with Crippen LogP contribution in [0, 0.1) is 0 Å². The Balaban J connectivity index is 1.71. The number of hydroxylamine groups is 1. The van der Waals surface area contributed by atoms with Crippen LogP contribution in [-0.4, -0.2) is 44.3 Å². The lowest BCUT2D eigenvalue weighted by atomic mass is 10.0. The zero-order valence-electron chi connectivity index (χ0n) is 24.3. The maximum absolute atomic E-state index is 14.8. The molecule has 0 fully saturated rings. The summed E-state index contributed by atoms with van der Waals surface area (Å²) in [5, 5.41) is 8.82. The second kappa shape index (κ2) is 13.6. The number of para-hydroxylation sites is 1. The number of rotatable bonds is 11. The van der Waals surface area contributed by atoms with E-state index in [0.29, 0.717) is 22.3 Å². The Morgan fingerprint density at radius 2 is 1.51 bits per heavy atom. The van der Waals surface area contributed by atoms with Gasteiger partial charge < -0.3 is 9.30 Å². The molecule has 2 N–H and O–H groups in total. The number of hydrogen-bond acceptors (Lipinski definition) is 6. The highest BCUT2D eigenvalue weighted by atomic mass is 35.5. The first-order chi connectivity index (χ1) is 21.1. The van der Waals surface area contributed by atoms with E-state index in [2.05, 4.69) is 0 Å². The first kappa shape index (κ1) is 34.6. The molecule has 0 saturated carbocycles. The van der Waals surface area contributed by atoms with Crippen LogP contribution >= 0.6 is 30.3 Å². The van der Waals surface area contributed by atoms with Crippen LogP contribution in [-0.2, 0) is 33.3 Å². The number of nitrogens with zero attached hydrogens (tertiary/aromatic N) is 1. The number of carbonyl (C=O) groups is 1. The first-order valence-electron chi connectivity index (χ1n) is 13.3. The Morgan fingerprint density at radius 3 is 2.11 bits per heavy atom. The molecule has 0 unspecified atom stereocenters. The molecule has 0 spiro atoms. The maximum atomic E-state index is 14.8. The number of hydrogen-bond donors (Lipinski definition) is 2. The Hall–Kier alpha value is -3.31. The van der Waals surface area contributed by atoms with Gasteiger partial charge in [0.2, 0.25) is 10.0 Å². The minimum Gasteiger partial charge on any atom is -0.495 e. The molecule has 0 aliphatic rings. The summed E-state index contributed by atoms with van der Waals surface area (Å²) in [4.78, 5) is 11.9. The van der Waals surface area contributed by atoms with E-state index < -0.39 is 34.3 Å². The van der Waals surface area contributed by atoms with Crippen molar-refractivity contribution in [3.8, 4) is 16.9 Å². The molecule has 0 aliphatic heterocycles. The van der Waals surface area contributed by atoms with Crippen LogP contribution in [0.15, 0.2) is 89.8 Å². The Morgan fingerprint density at radius 1 is 0.911 bits per heavy atom. The van der Waals surface area contributed by atoms with Gasteiger partial charge in [-0.3, -0.25) is 10.0 Å². The average molecular weight is 698 g/mol. The van der Waals surface area contributed by atoms with Crippen molar-refractivity contribution in [3.63, 3.8) is 0 Å². The summed E-state index contributed by atoms with van der Waals surface area (Å²) in [6, 6.07) is 21.3. The topological polar surface area (TPSA) is 113 Å². The van der Waals surface area contributed by atoms with E-state index in [0.717, 1.165) is 19.4 Å². The zero-order chi connectivity index (χ0) is 33.2. The summed E-state index contributed by atoms with van der Waals surface area (Å²) in [7, 11) is -6.76. The smallest absolute Gasteiger partial charge is 0.323 e. The minimum atomic E-state index is -4.21. The standard InChI is InChI=1S/C31H29Cl2F2N2O6PS/c1-43-28-6-4-5-7-29(28)45(41,42)37(19-21-10-14-25(27(33)16-21)31(34,35)44(2,3)40)18-20-8-11-22(12-9-20)23-13-15-26(32)24(17-23)30(38)36-39/h4-17,39H,18-19H2,1-3H3,(H,36,38). The van der Waals surface area contributed by atoms with Crippen molar-refractivity contribution in [1.29, 1.82) is 0 Å². The lowest BCUT2D eigenvalue weighted by Crippen LogP contribution is -2.30. The van der Waals surface area contributed by atoms with E-state index in [1.165, 1.54) is 47.8 Å². The number of amides is 1. The van der Waals surface area contributed by atoms with Gasteiger partial charge in [-0.1, -0.05) is 77.8 Å². The highest BCUT2D eigenvalue weighted by Crippen LogP contribution is 2.61. The molecule has 0 atom stereocenters. The fraction of sp³-hybridized carbons (Fsp3) is 0.194. The molecule has 238 valence electrons.